The maximum absolute atomic E-state index is 12.6. The third-order valence-corrected chi connectivity index (χ3v) is 4.57. The molecule has 1 aromatic rings. The van der Waals surface area contributed by atoms with Gasteiger partial charge in [-0.3, -0.25) is 5.32 Å². The number of ether oxygens (including phenoxy) is 2. The molecule has 1 atom stereocenters. The van der Waals surface area contributed by atoms with Gasteiger partial charge in [0.1, 0.15) is 6.04 Å². The summed E-state index contributed by atoms with van der Waals surface area (Å²) in [6.07, 6.45) is 0.888. The van der Waals surface area contributed by atoms with Crippen LogP contribution in [0, 0.1) is 11.5 Å². The van der Waals surface area contributed by atoms with Gasteiger partial charge >= 0.3 is 12.1 Å². The first kappa shape index (κ1) is 20.6. The number of benzene rings is 1. The maximum atomic E-state index is 12.6. The number of nitrogens with one attached hydrogen (secondary N) is 1. The minimum Gasteiger partial charge on any atom is -0.466 e. The predicted molar refractivity (Wildman–Crippen MR) is 99.0 cm³/mol. The summed E-state index contributed by atoms with van der Waals surface area (Å²) < 4.78 is 9.94. The van der Waals surface area contributed by atoms with Crippen molar-refractivity contribution in [3.8, 4) is 6.19 Å². The summed E-state index contributed by atoms with van der Waals surface area (Å²) in [5.41, 5.74) is 0.670. The first-order valence-corrected chi connectivity index (χ1v) is 8.55. The van der Waals surface area contributed by atoms with Crippen LogP contribution in [-0.2, 0) is 14.3 Å². The van der Waals surface area contributed by atoms with E-state index in [2.05, 4.69) is 10.3 Å². The SMILES string of the molecule is CCOC(=O)N1C(NC#N)=NC(C)=C(C(=O)OC)C1c1cccc(Cl)c1Cl. The number of rotatable bonds is 3. The molecule has 0 aliphatic carbocycles. The molecule has 1 N–H and O–H groups in total. The molecule has 1 aliphatic rings. The van der Waals surface area contributed by atoms with E-state index in [-0.39, 0.29) is 33.9 Å². The molecular formula is C17H16Cl2N4O4. The minimum atomic E-state index is -1.06. The monoisotopic (exact) mass is 410 g/mol. The Morgan fingerprint density at radius 1 is 1.41 bits per heavy atom. The highest BCUT2D eigenvalue weighted by molar-refractivity contribution is 6.42. The van der Waals surface area contributed by atoms with Crippen LogP contribution in [-0.4, -0.2) is 36.6 Å². The van der Waals surface area contributed by atoms with E-state index in [1.54, 1.807) is 38.2 Å². The van der Waals surface area contributed by atoms with Gasteiger partial charge in [-0.25, -0.2) is 19.5 Å². The van der Waals surface area contributed by atoms with Crippen molar-refractivity contribution in [3.05, 3.63) is 45.1 Å². The van der Waals surface area contributed by atoms with E-state index in [0.717, 1.165) is 4.90 Å². The average Bonchev–Trinajstić information content (AvgIpc) is 2.63. The van der Waals surface area contributed by atoms with Crippen molar-refractivity contribution in [2.45, 2.75) is 19.9 Å². The fourth-order valence-electron chi connectivity index (χ4n) is 2.64. The number of nitrogens with zero attached hydrogens (tertiary/aromatic N) is 3. The van der Waals surface area contributed by atoms with E-state index in [0.29, 0.717) is 5.56 Å². The second-order valence-electron chi connectivity index (χ2n) is 5.28. The summed E-state index contributed by atoms with van der Waals surface area (Å²) in [7, 11) is 1.21. The number of carbonyl (C=O) groups is 2. The van der Waals surface area contributed by atoms with Gasteiger partial charge in [-0.1, -0.05) is 35.3 Å². The lowest BCUT2D eigenvalue weighted by molar-refractivity contribution is -0.136. The van der Waals surface area contributed by atoms with Crippen molar-refractivity contribution in [2.24, 2.45) is 4.99 Å². The number of halogens is 2. The first-order valence-electron chi connectivity index (χ1n) is 7.80. The van der Waals surface area contributed by atoms with Gasteiger partial charge in [0, 0.05) is 5.56 Å². The van der Waals surface area contributed by atoms with E-state index in [1.165, 1.54) is 7.11 Å². The van der Waals surface area contributed by atoms with Crippen molar-refractivity contribution in [1.29, 1.82) is 5.26 Å². The molecule has 0 fully saturated rings. The third-order valence-electron chi connectivity index (χ3n) is 3.74. The second kappa shape index (κ2) is 8.75. The van der Waals surface area contributed by atoms with E-state index in [1.807, 2.05) is 0 Å². The Hall–Kier alpha value is -2.76. The number of methoxy groups -OCH3 is 1. The van der Waals surface area contributed by atoms with Gasteiger partial charge < -0.3 is 9.47 Å². The fraction of sp³-hybridized carbons (Fsp3) is 0.294. The highest BCUT2D eigenvalue weighted by Crippen LogP contribution is 2.40. The topological polar surface area (TPSA) is 104 Å². The molecule has 1 heterocycles. The Labute approximate surface area is 166 Å². The quantitative estimate of drug-likeness (QED) is 0.465. The highest BCUT2D eigenvalue weighted by atomic mass is 35.5. The van der Waals surface area contributed by atoms with Crippen molar-refractivity contribution in [2.75, 3.05) is 13.7 Å². The minimum absolute atomic E-state index is 0.0678. The van der Waals surface area contributed by atoms with Crippen LogP contribution in [0.1, 0.15) is 25.5 Å². The molecule has 0 saturated heterocycles. The van der Waals surface area contributed by atoms with Crippen molar-refractivity contribution < 1.29 is 19.1 Å². The second-order valence-corrected chi connectivity index (χ2v) is 6.06. The number of esters is 1. The molecule has 0 aromatic heterocycles. The lowest BCUT2D eigenvalue weighted by atomic mass is 9.94. The Kier molecular flexibility index (Phi) is 6.66. The van der Waals surface area contributed by atoms with E-state index in [4.69, 9.17) is 37.9 Å². The molecule has 0 bridgehead atoms. The van der Waals surface area contributed by atoms with E-state index >= 15 is 0 Å². The highest BCUT2D eigenvalue weighted by Gasteiger charge is 2.42. The number of carbonyl (C=O) groups excluding carboxylic acids is 2. The first-order chi connectivity index (χ1) is 12.9. The summed E-state index contributed by atoms with van der Waals surface area (Å²) in [5.74, 6) is -0.815. The Bertz CT molecular complexity index is 876. The molecule has 27 heavy (non-hydrogen) atoms. The van der Waals surface area contributed by atoms with E-state index in [9.17, 15) is 9.59 Å². The number of hydrogen-bond acceptors (Lipinski definition) is 7. The van der Waals surface area contributed by atoms with Crippen LogP contribution in [0.2, 0.25) is 10.0 Å². The van der Waals surface area contributed by atoms with Gasteiger partial charge in [-0.2, -0.15) is 5.26 Å². The Morgan fingerprint density at radius 2 is 2.11 bits per heavy atom. The molecule has 1 unspecified atom stereocenters. The average molecular weight is 411 g/mol. The predicted octanol–water partition coefficient (Wildman–Crippen LogP) is 3.38. The molecule has 1 aromatic carbocycles. The van der Waals surface area contributed by atoms with Gasteiger partial charge in [0.15, 0.2) is 6.19 Å². The Balaban J connectivity index is 2.78. The molecule has 0 saturated carbocycles. The number of guanidine groups is 1. The zero-order valence-electron chi connectivity index (χ0n) is 14.7. The van der Waals surface area contributed by atoms with E-state index < -0.39 is 18.1 Å². The largest absolute Gasteiger partial charge is 0.466 e. The van der Waals surface area contributed by atoms with Gasteiger partial charge in [0.05, 0.1) is 35.0 Å². The third kappa shape index (κ3) is 3.99. The number of amides is 1. The summed E-state index contributed by atoms with van der Waals surface area (Å²) in [5, 5.41) is 11.7. The molecule has 8 nitrogen and oxygen atoms in total. The Morgan fingerprint density at radius 3 is 2.70 bits per heavy atom. The smallest absolute Gasteiger partial charge is 0.417 e. The number of hydrogen-bond donors (Lipinski definition) is 1. The van der Waals surface area contributed by atoms with Gasteiger partial charge in [0.25, 0.3) is 0 Å². The summed E-state index contributed by atoms with van der Waals surface area (Å²) in [4.78, 5) is 30.3. The number of nitriles is 1. The van der Waals surface area contributed by atoms with Crippen LogP contribution in [0.3, 0.4) is 0 Å². The van der Waals surface area contributed by atoms with Gasteiger partial charge in [-0.15, -0.1) is 0 Å². The van der Waals surface area contributed by atoms with Crippen LogP contribution >= 0.6 is 23.2 Å². The molecule has 142 valence electrons. The fourth-order valence-corrected chi connectivity index (χ4v) is 3.05. The van der Waals surface area contributed by atoms with Crippen molar-refractivity contribution in [3.63, 3.8) is 0 Å². The van der Waals surface area contributed by atoms with Gasteiger partial charge in [-0.05, 0) is 19.9 Å². The lowest BCUT2D eigenvalue weighted by Gasteiger charge is -2.35. The summed E-state index contributed by atoms with van der Waals surface area (Å²) >= 11 is 12.5. The summed E-state index contributed by atoms with van der Waals surface area (Å²) in [6.45, 7) is 3.25. The number of allylic oxidation sites excluding steroid dienone is 1. The molecule has 0 radical (unpaired) electrons. The standard InChI is InChI=1S/C17H16Cl2N4O4/c1-4-27-17(25)23-14(10-6-5-7-11(18)13(10)19)12(15(24)26-3)9(2)22-16(23)21-8-20/h5-7,14H,4H2,1-3H3,(H,21,22). The molecule has 10 heteroatoms. The number of aliphatic imine (C=N–C) groups is 1. The van der Waals surface area contributed by atoms with Crippen molar-refractivity contribution >= 4 is 41.2 Å². The van der Waals surface area contributed by atoms with Crippen molar-refractivity contribution in [1.82, 2.24) is 10.2 Å². The zero-order valence-corrected chi connectivity index (χ0v) is 16.3. The summed E-state index contributed by atoms with van der Waals surface area (Å²) in [6, 6.07) is 3.75. The van der Waals surface area contributed by atoms with Crippen LogP contribution in [0.4, 0.5) is 4.79 Å². The lowest BCUT2D eigenvalue weighted by Crippen LogP contribution is -2.49. The van der Waals surface area contributed by atoms with Crippen LogP contribution < -0.4 is 5.32 Å². The molecule has 1 aliphatic heterocycles. The molecule has 1 amide bonds. The normalized spacial score (nSPS) is 16.4. The van der Waals surface area contributed by atoms with Gasteiger partial charge in [0.2, 0.25) is 5.96 Å². The van der Waals surface area contributed by atoms with Crippen LogP contribution in [0.15, 0.2) is 34.5 Å². The molecule has 2 rings (SSSR count). The van der Waals surface area contributed by atoms with Crippen LogP contribution in [0.5, 0.6) is 0 Å². The van der Waals surface area contributed by atoms with Crippen LogP contribution in [0.25, 0.3) is 0 Å². The maximum Gasteiger partial charge on any atom is 0.417 e. The molecular weight excluding hydrogens is 395 g/mol. The zero-order chi connectivity index (χ0) is 20.1. The molecule has 0 spiro atoms.